The van der Waals surface area contributed by atoms with E-state index in [2.05, 4.69) is 0 Å². The Hall–Kier alpha value is -2.51. The van der Waals surface area contributed by atoms with Crippen LogP contribution in [-0.2, 0) is 9.09 Å². The molecule has 29 heavy (non-hydrogen) atoms. The quantitative estimate of drug-likeness (QED) is 0.248. The van der Waals surface area contributed by atoms with Gasteiger partial charge in [-0.15, -0.1) is 0 Å². The summed E-state index contributed by atoms with van der Waals surface area (Å²) in [7, 11) is -2.98. The SMILES string of the molecule is CC(OP(=O)(N1CC1)N1CC1)c1ccc([N+](=O)[O-])c(-n2ccc3ccccc32)c1. The normalized spacial score (nSPS) is 18.1. The Labute approximate surface area is 168 Å². The highest BCUT2D eigenvalue weighted by Crippen LogP contribution is 2.63. The Morgan fingerprint density at radius 1 is 1.07 bits per heavy atom. The standard InChI is InChI=1S/C20H21N4O4P/c1-15(28-29(27,21-10-11-21)22-12-13-22)17-6-7-19(24(25)26)20(14-17)23-9-8-16-4-2-3-5-18(16)23/h2-9,14-15H,10-13H2,1H3. The highest BCUT2D eigenvalue weighted by atomic mass is 31.2. The van der Waals surface area contributed by atoms with Crippen molar-refractivity contribution in [1.29, 1.82) is 0 Å². The number of hydrogen-bond acceptors (Lipinski definition) is 4. The highest BCUT2D eigenvalue weighted by molar-refractivity contribution is 7.54. The molecule has 0 N–H and O–H groups in total. The third-order valence-corrected chi connectivity index (χ3v) is 8.20. The Kier molecular flexibility index (Phi) is 4.33. The Morgan fingerprint density at radius 2 is 1.76 bits per heavy atom. The molecule has 5 rings (SSSR count). The number of nitro benzene ring substituents is 1. The van der Waals surface area contributed by atoms with Gasteiger partial charge < -0.3 is 4.57 Å². The van der Waals surface area contributed by atoms with E-state index in [1.807, 2.05) is 57.4 Å². The number of fused-ring (bicyclic) bond motifs is 1. The monoisotopic (exact) mass is 412 g/mol. The molecule has 9 heteroatoms. The van der Waals surface area contributed by atoms with E-state index in [-0.39, 0.29) is 10.6 Å². The first-order chi connectivity index (χ1) is 14.0. The van der Waals surface area contributed by atoms with Crippen LogP contribution in [0, 0.1) is 10.1 Å². The van der Waals surface area contributed by atoms with Gasteiger partial charge in [0.15, 0.2) is 0 Å². The van der Waals surface area contributed by atoms with Crippen LogP contribution in [0.4, 0.5) is 5.69 Å². The summed E-state index contributed by atoms with van der Waals surface area (Å²) < 4.78 is 24.9. The lowest BCUT2D eigenvalue weighted by atomic mass is 10.1. The number of para-hydroxylation sites is 1. The van der Waals surface area contributed by atoms with Gasteiger partial charge in [-0.25, -0.2) is 9.34 Å². The summed E-state index contributed by atoms with van der Waals surface area (Å²) in [6.45, 7) is 4.96. The third kappa shape index (κ3) is 3.28. The van der Waals surface area contributed by atoms with Crippen molar-refractivity contribution < 1.29 is 14.0 Å². The predicted molar refractivity (Wildman–Crippen MR) is 110 cm³/mol. The molecule has 0 radical (unpaired) electrons. The van der Waals surface area contributed by atoms with Crippen molar-refractivity contribution in [3.63, 3.8) is 0 Å². The van der Waals surface area contributed by atoms with Gasteiger partial charge in [-0.2, -0.15) is 0 Å². The van der Waals surface area contributed by atoms with Crippen LogP contribution in [0.5, 0.6) is 0 Å². The zero-order valence-electron chi connectivity index (χ0n) is 16.0. The second kappa shape index (κ2) is 6.78. The molecule has 2 aromatic carbocycles. The number of aromatic nitrogens is 1. The summed E-state index contributed by atoms with van der Waals surface area (Å²) in [5.41, 5.74) is 2.13. The summed E-state index contributed by atoms with van der Waals surface area (Å²) in [6, 6.07) is 14.6. The minimum absolute atomic E-state index is 0.0161. The second-order valence-corrected chi connectivity index (χ2v) is 9.72. The van der Waals surface area contributed by atoms with Crippen molar-refractivity contribution in [1.82, 2.24) is 13.9 Å². The van der Waals surface area contributed by atoms with E-state index in [4.69, 9.17) is 4.52 Å². The van der Waals surface area contributed by atoms with Crippen LogP contribution < -0.4 is 0 Å². The fraction of sp³-hybridized carbons (Fsp3) is 0.300. The van der Waals surface area contributed by atoms with Crippen LogP contribution in [0.1, 0.15) is 18.6 Å². The minimum atomic E-state index is -2.98. The average molecular weight is 412 g/mol. The van der Waals surface area contributed by atoms with Gasteiger partial charge in [0, 0.05) is 38.4 Å². The molecule has 2 fully saturated rings. The maximum atomic E-state index is 13.3. The lowest BCUT2D eigenvalue weighted by Crippen LogP contribution is -2.11. The van der Waals surface area contributed by atoms with Crippen molar-refractivity contribution in [2.45, 2.75) is 13.0 Å². The third-order valence-electron chi connectivity index (χ3n) is 5.38. The zero-order valence-corrected chi connectivity index (χ0v) is 16.9. The molecule has 0 spiro atoms. The van der Waals surface area contributed by atoms with E-state index < -0.39 is 13.8 Å². The van der Waals surface area contributed by atoms with Crippen LogP contribution in [0.15, 0.2) is 54.7 Å². The first-order valence-corrected chi connectivity index (χ1v) is 11.1. The summed E-state index contributed by atoms with van der Waals surface area (Å²) >= 11 is 0. The molecule has 1 unspecified atom stereocenters. The molecule has 0 saturated carbocycles. The average Bonchev–Trinajstić information content (AvgIpc) is 3.62. The first-order valence-electron chi connectivity index (χ1n) is 9.61. The molecule has 150 valence electrons. The fourth-order valence-electron chi connectivity index (χ4n) is 3.61. The molecule has 0 aliphatic carbocycles. The topological polar surface area (TPSA) is 80.4 Å². The highest BCUT2D eigenvalue weighted by Gasteiger charge is 2.50. The first kappa shape index (κ1) is 18.5. The van der Waals surface area contributed by atoms with Gasteiger partial charge >= 0.3 is 7.67 Å². The molecular weight excluding hydrogens is 391 g/mol. The van der Waals surface area contributed by atoms with Gasteiger partial charge in [0.25, 0.3) is 5.69 Å². The summed E-state index contributed by atoms with van der Waals surface area (Å²) in [4.78, 5) is 11.3. The predicted octanol–water partition coefficient (Wildman–Crippen LogP) is 4.36. The van der Waals surface area contributed by atoms with Crippen LogP contribution >= 0.6 is 7.67 Å². The molecule has 3 aromatic rings. The van der Waals surface area contributed by atoms with Gasteiger partial charge in [0.1, 0.15) is 5.69 Å². The van der Waals surface area contributed by atoms with E-state index in [9.17, 15) is 14.7 Å². The van der Waals surface area contributed by atoms with Gasteiger partial charge in [-0.05, 0) is 42.1 Å². The molecule has 1 aromatic heterocycles. The van der Waals surface area contributed by atoms with Crippen LogP contribution in [0.25, 0.3) is 16.6 Å². The van der Waals surface area contributed by atoms with Crippen LogP contribution in [-0.4, -0.2) is 45.0 Å². The fourth-order valence-corrected chi connectivity index (χ4v) is 5.96. The minimum Gasteiger partial charge on any atom is -0.311 e. The smallest absolute Gasteiger partial charge is 0.311 e. The number of rotatable bonds is 7. The van der Waals surface area contributed by atoms with Crippen molar-refractivity contribution in [3.05, 3.63) is 70.4 Å². The van der Waals surface area contributed by atoms with E-state index in [0.717, 1.165) is 42.6 Å². The Morgan fingerprint density at radius 3 is 2.41 bits per heavy atom. The van der Waals surface area contributed by atoms with Gasteiger partial charge in [0.05, 0.1) is 16.5 Å². The van der Waals surface area contributed by atoms with Gasteiger partial charge in [-0.1, -0.05) is 18.2 Å². The lowest BCUT2D eigenvalue weighted by molar-refractivity contribution is -0.384. The van der Waals surface area contributed by atoms with Gasteiger partial charge in [-0.3, -0.25) is 19.2 Å². The zero-order chi connectivity index (χ0) is 20.2. The van der Waals surface area contributed by atoms with Crippen molar-refractivity contribution in [2.75, 3.05) is 26.2 Å². The van der Waals surface area contributed by atoms with Crippen molar-refractivity contribution >= 4 is 24.3 Å². The van der Waals surface area contributed by atoms with E-state index >= 15 is 0 Å². The second-order valence-electron chi connectivity index (χ2n) is 7.40. The van der Waals surface area contributed by atoms with Gasteiger partial charge in [0.2, 0.25) is 0 Å². The van der Waals surface area contributed by atoms with E-state index in [1.165, 1.54) is 6.07 Å². The van der Waals surface area contributed by atoms with E-state index in [0.29, 0.717) is 5.69 Å². The van der Waals surface area contributed by atoms with Crippen LogP contribution in [0.3, 0.4) is 0 Å². The number of hydrogen-bond donors (Lipinski definition) is 0. The summed E-state index contributed by atoms with van der Waals surface area (Å²) in [5.74, 6) is 0. The molecular formula is C20H21N4O4P. The number of nitrogens with zero attached hydrogens (tertiary/aromatic N) is 4. The van der Waals surface area contributed by atoms with Crippen LogP contribution in [0.2, 0.25) is 0 Å². The van der Waals surface area contributed by atoms with E-state index in [1.54, 1.807) is 12.1 Å². The summed E-state index contributed by atoms with van der Waals surface area (Å²) in [6.07, 6.45) is 1.38. The van der Waals surface area contributed by atoms with Crippen molar-refractivity contribution in [3.8, 4) is 5.69 Å². The largest absolute Gasteiger partial charge is 0.346 e. The maximum absolute atomic E-state index is 13.3. The number of nitro groups is 1. The molecule has 0 amide bonds. The lowest BCUT2D eigenvalue weighted by Gasteiger charge is -2.24. The molecule has 2 aliphatic heterocycles. The Balaban J connectivity index is 1.54. The molecule has 8 nitrogen and oxygen atoms in total. The van der Waals surface area contributed by atoms with Crippen molar-refractivity contribution in [2.24, 2.45) is 0 Å². The number of benzene rings is 2. The molecule has 1 atom stereocenters. The molecule has 2 aliphatic rings. The maximum Gasteiger partial charge on any atom is 0.346 e. The molecule has 0 bridgehead atoms. The summed E-state index contributed by atoms with van der Waals surface area (Å²) in [5, 5.41) is 12.7. The molecule has 2 saturated heterocycles. The Bertz CT molecular complexity index is 1140. The molecule has 3 heterocycles.